The van der Waals surface area contributed by atoms with Crippen molar-refractivity contribution < 1.29 is 19.4 Å². The van der Waals surface area contributed by atoms with Gasteiger partial charge < -0.3 is 20.1 Å². The summed E-state index contributed by atoms with van der Waals surface area (Å²) in [5.74, 6) is -1.76. The summed E-state index contributed by atoms with van der Waals surface area (Å²) in [5.41, 5.74) is 6.02. The maximum atomic E-state index is 12.9. The Hall–Kier alpha value is -5.09. The third-order valence-electron chi connectivity index (χ3n) is 7.55. The molecule has 1 aliphatic rings. The van der Waals surface area contributed by atoms with Crippen LogP contribution in [0.15, 0.2) is 72.9 Å². The normalized spacial score (nSPS) is 14.5. The summed E-state index contributed by atoms with van der Waals surface area (Å²) in [6, 6.07) is 20.0. The Bertz CT molecular complexity index is 1820. The third kappa shape index (κ3) is 5.82. The number of hydrogen-bond donors (Lipinski definition) is 2. The molecular weight excluding hydrogens is 544 g/mol. The van der Waals surface area contributed by atoms with E-state index in [1.807, 2.05) is 71.3 Å². The maximum absolute atomic E-state index is 12.9. The molecule has 0 unspecified atom stereocenters. The number of imidazole rings is 1. The molecule has 0 saturated carbocycles. The fourth-order valence-electron chi connectivity index (χ4n) is 5.25. The molecule has 10 nitrogen and oxygen atoms in total. The van der Waals surface area contributed by atoms with E-state index in [2.05, 4.69) is 15.3 Å². The average Bonchev–Trinajstić information content (AvgIpc) is 3.41. The molecule has 1 aliphatic heterocycles. The molecule has 43 heavy (non-hydrogen) atoms. The highest BCUT2D eigenvalue weighted by molar-refractivity contribution is 5.97. The second kappa shape index (κ2) is 12.0. The van der Waals surface area contributed by atoms with E-state index in [4.69, 9.17) is 14.7 Å². The number of carbonyl (C=O) groups is 2. The number of anilines is 1. The minimum absolute atomic E-state index is 0.253. The van der Waals surface area contributed by atoms with E-state index in [9.17, 15) is 14.7 Å². The van der Waals surface area contributed by atoms with E-state index in [-0.39, 0.29) is 5.92 Å². The summed E-state index contributed by atoms with van der Waals surface area (Å²) in [6.45, 7) is 6.31. The summed E-state index contributed by atoms with van der Waals surface area (Å²) >= 11 is 0. The van der Waals surface area contributed by atoms with Crippen LogP contribution in [-0.4, -0.2) is 68.9 Å². The summed E-state index contributed by atoms with van der Waals surface area (Å²) in [7, 11) is 0. The first kappa shape index (κ1) is 28.0. The molecule has 2 aromatic carbocycles. The molecule has 3 aromatic heterocycles. The zero-order valence-electron chi connectivity index (χ0n) is 24.0. The molecule has 0 radical (unpaired) electrons. The predicted molar refractivity (Wildman–Crippen MR) is 166 cm³/mol. The number of carboxylic acids is 1. The monoisotopic (exact) mass is 576 g/mol. The Kier molecular flexibility index (Phi) is 7.84. The van der Waals surface area contributed by atoms with E-state index in [0.29, 0.717) is 30.1 Å². The van der Waals surface area contributed by atoms with Crippen molar-refractivity contribution in [2.24, 2.45) is 5.92 Å². The standard InChI is InChI=1S/C33H32N6O4/c1-21(2)29(33(41)42)37-32(40)24-9-7-23(8-10-24)30-27(14-13-25-12-11-22-5-3-4-6-26(22)35-25)36-31-28(15-16-34-39(30)31)38-17-19-43-20-18-38/h3-16,21,29H,17-20H2,1-2H3,(H,37,40)(H,41,42)/t29-/m0/s1. The van der Waals surface area contributed by atoms with Gasteiger partial charge in [-0.1, -0.05) is 50.2 Å². The van der Waals surface area contributed by atoms with Crippen LogP contribution in [-0.2, 0) is 9.53 Å². The first-order valence-corrected chi connectivity index (χ1v) is 14.3. The number of nitrogens with zero attached hydrogens (tertiary/aromatic N) is 5. The van der Waals surface area contributed by atoms with Crippen molar-refractivity contribution in [3.8, 4) is 11.3 Å². The van der Waals surface area contributed by atoms with Crippen molar-refractivity contribution in [1.82, 2.24) is 24.9 Å². The largest absolute Gasteiger partial charge is 0.480 e. The molecule has 2 N–H and O–H groups in total. The molecule has 0 bridgehead atoms. The zero-order valence-corrected chi connectivity index (χ0v) is 24.0. The van der Waals surface area contributed by atoms with E-state index in [1.54, 1.807) is 32.2 Å². The lowest BCUT2D eigenvalue weighted by atomic mass is 10.0. The number of aliphatic carboxylic acids is 1. The van der Waals surface area contributed by atoms with Crippen LogP contribution in [0.25, 0.3) is 40.0 Å². The zero-order chi connectivity index (χ0) is 29.9. The lowest BCUT2D eigenvalue weighted by molar-refractivity contribution is -0.140. The molecule has 0 spiro atoms. The fraction of sp³-hybridized carbons (Fsp3) is 0.242. The van der Waals surface area contributed by atoms with Gasteiger partial charge in [0.2, 0.25) is 0 Å². The van der Waals surface area contributed by atoms with Gasteiger partial charge >= 0.3 is 5.97 Å². The van der Waals surface area contributed by atoms with Crippen LogP contribution in [0, 0.1) is 5.92 Å². The van der Waals surface area contributed by atoms with E-state index < -0.39 is 17.9 Å². The summed E-state index contributed by atoms with van der Waals surface area (Å²) in [4.78, 5) is 36.5. The number of ether oxygens (including phenoxy) is 1. The van der Waals surface area contributed by atoms with Gasteiger partial charge in [-0.2, -0.15) is 5.10 Å². The number of morpholine rings is 1. The Morgan fingerprint density at radius 3 is 2.47 bits per heavy atom. The Morgan fingerprint density at radius 1 is 0.953 bits per heavy atom. The molecule has 4 heterocycles. The SMILES string of the molecule is CC(C)[C@H](NC(=O)c1ccc(-c2c(C=Cc3ccc4ccccc4n3)nc3c(N4CCOCC4)ccnn23)cc1)C(=O)O. The molecular formula is C33H32N6O4. The Labute approximate surface area is 248 Å². The van der Waals surface area contributed by atoms with Gasteiger partial charge in [0.1, 0.15) is 11.7 Å². The number of pyridine rings is 1. The van der Waals surface area contributed by atoms with Gasteiger partial charge in [0.15, 0.2) is 5.65 Å². The Morgan fingerprint density at radius 2 is 1.72 bits per heavy atom. The number of amides is 1. The van der Waals surface area contributed by atoms with Gasteiger partial charge in [0, 0.05) is 29.6 Å². The van der Waals surface area contributed by atoms with Gasteiger partial charge in [-0.3, -0.25) is 4.79 Å². The molecule has 0 aliphatic carbocycles. The fourth-order valence-corrected chi connectivity index (χ4v) is 5.25. The van der Waals surface area contributed by atoms with Gasteiger partial charge in [-0.15, -0.1) is 0 Å². The van der Waals surface area contributed by atoms with Crippen LogP contribution in [0.4, 0.5) is 5.69 Å². The summed E-state index contributed by atoms with van der Waals surface area (Å²) in [5, 5.41) is 17.8. The first-order valence-electron chi connectivity index (χ1n) is 14.3. The van der Waals surface area contributed by atoms with Crippen LogP contribution in [0.5, 0.6) is 0 Å². The topological polar surface area (TPSA) is 122 Å². The number of aromatic nitrogens is 4. The summed E-state index contributed by atoms with van der Waals surface area (Å²) in [6.07, 6.45) is 5.64. The van der Waals surface area contributed by atoms with Crippen LogP contribution in [0.2, 0.25) is 0 Å². The number of benzene rings is 2. The highest BCUT2D eigenvalue weighted by Gasteiger charge is 2.25. The van der Waals surface area contributed by atoms with Crippen molar-refractivity contribution in [2.75, 3.05) is 31.2 Å². The Balaban J connectivity index is 1.40. The number of hydrogen-bond acceptors (Lipinski definition) is 7. The van der Waals surface area contributed by atoms with Crippen molar-refractivity contribution in [2.45, 2.75) is 19.9 Å². The molecule has 1 saturated heterocycles. The summed E-state index contributed by atoms with van der Waals surface area (Å²) < 4.78 is 7.39. The highest BCUT2D eigenvalue weighted by Crippen LogP contribution is 2.31. The number of fused-ring (bicyclic) bond motifs is 2. The minimum atomic E-state index is -1.06. The minimum Gasteiger partial charge on any atom is -0.480 e. The van der Waals surface area contributed by atoms with Crippen molar-refractivity contribution in [3.05, 3.63) is 89.9 Å². The van der Waals surface area contributed by atoms with Crippen LogP contribution < -0.4 is 10.2 Å². The second-order valence-electron chi connectivity index (χ2n) is 10.8. The molecule has 218 valence electrons. The van der Waals surface area contributed by atoms with Gasteiger partial charge in [-0.25, -0.2) is 19.3 Å². The number of carbonyl (C=O) groups excluding carboxylic acids is 1. The lowest BCUT2D eigenvalue weighted by Gasteiger charge is -2.28. The third-order valence-corrected chi connectivity index (χ3v) is 7.55. The number of para-hydroxylation sites is 1. The van der Waals surface area contributed by atoms with Gasteiger partial charge in [-0.05, 0) is 48.4 Å². The number of rotatable bonds is 8. The smallest absolute Gasteiger partial charge is 0.326 e. The first-order chi connectivity index (χ1) is 20.9. The molecule has 5 aromatic rings. The molecule has 1 atom stereocenters. The lowest BCUT2D eigenvalue weighted by Crippen LogP contribution is -2.44. The predicted octanol–water partition coefficient (Wildman–Crippen LogP) is 4.79. The van der Waals surface area contributed by atoms with E-state index >= 15 is 0 Å². The average molecular weight is 577 g/mol. The maximum Gasteiger partial charge on any atom is 0.326 e. The number of nitrogens with one attached hydrogen (secondary N) is 1. The van der Waals surface area contributed by atoms with Crippen molar-refractivity contribution in [3.63, 3.8) is 0 Å². The van der Waals surface area contributed by atoms with Crippen LogP contribution >= 0.6 is 0 Å². The molecule has 6 rings (SSSR count). The highest BCUT2D eigenvalue weighted by atomic mass is 16.5. The molecule has 1 amide bonds. The quantitative estimate of drug-likeness (QED) is 0.270. The van der Waals surface area contributed by atoms with E-state index in [0.717, 1.165) is 46.6 Å². The van der Waals surface area contributed by atoms with Crippen LogP contribution in [0.3, 0.4) is 0 Å². The number of carboxylic acid groups (broad SMARTS) is 1. The molecule has 1 fully saturated rings. The van der Waals surface area contributed by atoms with E-state index in [1.165, 1.54) is 0 Å². The van der Waals surface area contributed by atoms with Crippen LogP contribution in [0.1, 0.15) is 35.6 Å². The van der Waals surface area contributed by atoms with Gasteiger partial charge in [0.25, 0.3) is 5.91 Å². The van der Waals surface area contributed by atoms with Crippen molar-refractivity contribution >= 4 is 46.3 Å². The second-order valence-corrected chi connectivity index (χ2v) is 10.8. The molecule has 10 heteroatoms. The van der Waals surface area contributed by atoms with Gasteiger partial charge in [0.05, 0.1) is 42.0 Å². The van der Waals surface area contributed by atoms with Crippen molar-refractivity contribution in [1.29, 1.82) is 0 Å².